The third kappa shape index (κ3) is 6.74. The third-order valence-corrected chi connectivity index (χ3v) is 3.95. The maximum atomic E-state index is 10.0. The fourth-order valence-electron chi connectivity index (χ4n) is 2.56. The van der Waals surface area contributed by atoms with Crippen LogP contribution in [0.5, 0.6) is 0 Å². The summed E-state index contributed by atoms with van der Waals surface area (Å²) >= 11 is 0. The van der Waals surface area contributed by atoms with Crippen molar-refractivity contribution in [3.8, 4) is 11.3 Å². The standard InChI is InChI=1S/C18H16N.C5H8O2.Ir/c1-12-5-4-6-15(9-12)17-8-7-16-10-13(2)14(3)11-18(16)19-17;1-4(6)3-5(2)7;/h4-5,7-11H,1-3H3;3,6H,1-2H3;/q-1;;/b;4-3-;. The summed E-state index contributed by atoms with van der Waals surface area (Å²) in [5.74, 6) is -0.0625. The van der Waals surface area contributed by atoms with Crippen molar-refractivity contribution in [3.63, 3.8) is 0 Å². The average molecular weight is 539 g/mol. The Morgan fingerprint density at radius 2 is 1.70 bits per heavy atom. The van der Waals surface area contributed by atoms with E-state index in [0.29, 0.717) is 0 Å². The van der Waals surface area contributed by atoms with Crippen LogP contribution in [0.1, 0.15) is 30.5 Å². The van der Waals surface area contributed by atoms with Gasteiger partial charge < -0.3 is 5.11 Å². The number of aryl methyl sites for hydroxylation is 3. The van der Waals surface area contributed by atoms with Crippen LogP contribution in [0.3, 0.4) is 0 Å². The van der Waals surface area contributed by atoms with Crippen LogP contribution >= 0.6 is 0 Å². The number of rotatable bonds is 2. The predicted molar refractivity (Wildman–Crippen MR) is 107 cm³/mol. The number of aliphatic hydroxyl groups is 1. The van der Waals surface area contributed by atoms with Crippen molar-refractivity contribution in [2.75, 3.05) is 0 Å². The number of benzene rings is 2. The first kappa shape index (κ1) is 22.7. The molecule has 0 amide bonds. The van der Waals surface area contributed by atoms with E-state index in [1.165, 1.54) is 42.0 Å². The molecule has 0 unspecified atom stereocenters. The molecule has 4 heteroatoms. The minimum Gasteiger partial charge on any atom is -0.512 e. The van der Waals surface area contributed by atoms with Crippen LogP contribution in [0, 0.1) is 26.8 Å². The van der Waals surface area contributed by atoms with E-state index in [1.807, 2.05) is 6.07 Å². The first-order valence-corrected chi connectivity index (χ1v) is 8.51. The second-order valence-electron chi connectivity index (χ2n) is 6.50. The summed E-state index contributed by atoms with van der Waals surface area (Å²) in [6.07, 6.45) is 1.17. The Kier molecular flexibility index (Phi) is 8.55. The normalized spacial score (nSPS) is 10.6. The molecular formula is C23H24IrNO2-. The van der Waals surface area contributed by atoms with Gasteiger partial charge in [-0.15, -0.1) is 35.4 Å². The van der Waals surface area contributed by atoms with Gasteiger partial charge in [0.25, 0.3) is 0 Å². The summed E-state index contributed by atoms with van der Waals surface area (Å²) in [4.78, 5) is 14.8. The Morgan fingerprint density at radius 1 is 1.04 bits per heavy atom. The van der Waals surface area contributed by atoms with Crippen molar-refractivity contribution in [3.05, 3.63) is 77.1 Å². The van der Waals surface area contributed by atoms with E-state index < -0.39 is 0 Å². The number of aliphatic hydroxyl groups excluding tert-OH is 1. The Labute approximate surface area is 174 Å². The number of carbonyl (C=O) groups is 1. The number of nitrogens with zero attached hydrogens (tertiary/aromatic N) is 1. The number of fused-ring (bicyclic) bond motifs is 1. The van der Waals surface area contributed by atoms with E-state index in [2.05, 4.69) is 63.2 Å². The molecule has 0 saturated carbocycles. The zero-order chi connectivity index (χ0) is 19.3. The van der Waals surface area contributed by atoms with Crippen LogP contribution in [-0.4, -0.2) is 15.9 Å². The van der Waals surface area contributed by atoms with Crippen molar-refractivity contribution in [1.82, 2.24) is 4.98 Å². The molecule has 27 heavy (non-hydrogen) atoms. The zero-order valence-electron chi connectivity index (χ0n) is 16.3. The van der Waals surface area contributed by atoms with Crippen molar-refractivity contribution >= 4 is 16.7 Å². The number of hydrogen-bond donors (Lipinski definition) is 1. The van der Waals surface area contributed by atoms with Gasteiger partial charge in [-0.05, 0) is 62.0 Å². The van der Waals surface area contributed by atoms with Gasteiger partial charge in [0.05, 0.1) is 11.3 Å². The summed E-state index contributed by atoms with van der Waals surface area (Å²) in [6, 6.07) is 17.9. The minimum atomic E-state index is -0.125. The number of carbonyl (C=O) groups excluding carboxylic acids is 1. The van der Waals surface area contributed by atoms with Gasteiger partial charge in [-0.25, -0.2) is 0 Å². The van der Waals surface area contributed by atoms with Crippen LogP contribution in [0.4, 0.5) is 0 Å². The summed E-state index contributed by atoms with van der Waals surface area (Å²) in [7, 11) is 0. The molecule has 3 rings (SSSR count). The Bertz CT molecular complexity index is 973. The van der Waals surface area contributed by atoms with E-state index in [4.69, 9.17) is 10.1 Å². The predicted octanol–water partition coefficient (Wildman–Crippen LogP) is 5.66. The number of ketones is 1. The fraction of sp³-hybridized carbons (Fsp3) is 0.217. The van der Waals surface area contributed by atoms with E-state index in [1.54, 1.807) is 0 Å². The number of allylic oxidation sites excluding steroid dienone is 2. The molecule has 3 aromatic rings. The summed E-state index contributed by atoms with van der Waals surface area (Å²) in [5, 5.41) is 9.56. The first-order chi connectivity index (χ1) is 12.3. The molecule has 1 N–H and O–H groups in total. The molecular weight excluding hydrogens is 514 g/mol. The van der Waals surface area contributed by atoms with E-state index in [-0.39, 0.29) is 31.6 Å². The second-order valence-corrected chi connectivity index (χ2v) is 6.50. The maximum absolute atomic E-state index is 10.0. The van der Waals surface area contributed by atoms with Crippen molar-refractivity contribution in [2.24, 2.45) is 0 Å². The van der Waals surface area contributed by atoms with Crippen LogP contribution in [0.2, 0.25) is 0 Å². The molecule has 0 atom stereocenters. The molecule has 143 valence electrons. The molecule has 0 spiro atoms. The van der Waals surface area contributed by atoms with Crippen LogP contribution < -0.4 is 0 Å². The summed E-state index contributed by atoms with van der Waals surface area (Å²) in [5.41, 5.74) is 6.92. The van der Waals surface area contributed by atoms with Crippen LogP contribution in [-0.2, 0) is 24.9 Å². The molecule has 0 bridgehead atoms. The van der Waals surface area contributed by atoms with Gasteiger partial charge in [-0.3, -0.25) is 9.78 Å². The van der Waals surface area contributed by atoms with E-state index in [9.17, 15) is 4.79 Å². The summed E-state index contributed by atoms with van der Waals surface area (Å²) in [6.45, 7) is 9.20. The Hall–Kier alpha value is -2.29. The van der Waals surface area contributed by atoms with Crippen molar-refractivity contribution < 1.29 is 30.0 Å². The molecule has 0 aliphatic heterocycles. The van der Waals surface area contributed by atoms with Crippen LogP contribution in [0.25, 0.3) is 22.2 Å². The molecule has 0 aliphatic carbocycles. The van der Waals surface area contributed by atoms with E-state index >= 15 is 0 Å². The van der Waals surface area contributed by atoms with Gasteiger partial charge in [0.1, 0.15) is 0 Å². The van der Waals surface area contributed by atoms with Gasteiger partial charge >= 0.3 is 0 Å². The molecule has 0 aliphatic rings. The van der Waals surface area contributed by atoms with Gasteiger partial charge in [0, 0.05) is 26.2 Å². The van der Waals surface area contributed by atoms with Crippen molar-refractivity contribution in [2.45, 2.75) is 34.6 Å². The second kappa shape index (κ2) is 10.1. The molecule has 3 nitrogen and oxygen atoms in total. The van der Waals surface area contributed by atoms with Gasteiger partial charge in [0.2, 0.25) is 0 Å². The minimum absolute atomic E-state index is 0. The Morgan fingerprint density at radius 3 is 2.26 bits per heavy atom. The van der Waals surface area contributed by atoms with Gasteiger partial charge in [-0.2, -0.15) is 0 Å². The van der Waals surface area contributed by atoms with Crippen LogP contribution in [0.15, 0.2) is 54.3 Å². The third-order valence-electron chi connectivity index (χ3n) is 3.95. The van der Waals surface area contributed by atoms with Gasteiger partial charge in [-0.1, -0.05) is 19.1 Å². The molecule has 2 aromatic carbocycles. The van der Waals surface area contributed by atoms with Gasteiger partial charge in [0.15, 0.2) is 5.78 Å². The quantitative estimate of drug-likeness (QED) is 0.260. The number of hydrogen-bond acceptors (Lipinski definition) is 3. The SMILES string of the molecule is CC(=O)/C=C(/C)O.Cc1cc[c-]c(-c2ccc3cc(C)c(C)cc3n2)c1.[Ir]. The first-order valence-electron chi connectivity index (χ1n) is 8.51. The number of pyridine rings is 1. The number of aromatic nitrogens is 1. The van der Waals surface area contributed by atoms with Crippen molar-refractivity contribution in [1.29, 1.82) is 0 Å². The smallest absolute Gasteiger partial charge is 0.155 e. The molecule has 1 heterocycles. The van der Waals surface area contributed by atoms with E-state index in [0.717, 1.165) is 16.8 Å². The average Bonchev–Trinajstić information content (AvgIpc) is 2.55. The maximum Gasteiger partial charge on any atom is 0.155 e. The summed E-state index contributed by atoms with van der Waals surface area (Å²) < 4.78 is 0. The zero-order valence-corrected chi connectivity index (χ0v) is 18.6. The molecule has 0 fully saturated rings. The topological polar surface area (TPSA) is 50.2 Å². The molecule has 1 radical (unpaired) electrons. The monoisotopic (exact) mass is 539 g/mol. The largest absolute Gasteiger partial charge is 0.512 e. The molecule has 1 aromatic heterocycles. The Balaban J connectivity index is 0.000000395. The molecule has 0 saturated heterocycles. The fourth-order valence-corrected chi connectivity index (χ4v) is 2.56.